The van der Waals surface area contributed by atoms with E-state index in [9.17, 15) is 18.0 Å². The Hall–Kier alpha value is -2.57. The van der Waals surface area contributed by atoms with E-state index in [0.717, 1.165) is 6.07 Å². The minimum Gasteiger partial charge on any atom is -0.404 e. The van der Waals surface area contributed by atoms with Gasteiger partial charge in [-0.1, -0.05) is 18.2 Å². The lowest BCUT2D eigenvalue weighted by Gasteiger charge is -2.13. The molecule has 2 rings (SSSR count). The van der Waals surface area contributed by atoms with Crippen molar-refractivity contribution in [2.45, 2.75) is 6.36 Å². The number of nitrogens with one attached hydrogen (secondary N) is 1. The van der Waals surface area contributed by atoms with E-state index < -0.39 is 18.0 Å². The van der Waals surface area contributed by atoms with Gasteiger partial charge in [0.2, 0.25) is 0 Å². The van der Waals surface area contributed by atoms with Gasteiger partial charge in [-0.25, -0.2) is 0 Å². The fraction of sp³-hybridized carbons (Fsp3) is 0.0769. The number of hydrogen-bond acceptors (Lipinski definition) is 3. The molecule has 0 saturated heterocycles. The predicted molar refractivity (Wildman–Crippen MR) is 65.3 cm³/mol. The Morgan fingerprint density at radius 1 is 1.10 bits per heavy atom. The molecule has 1 heterocycles. The van der Waals surface area contributed by atoms with Crippen molar-refractivity contribution in [2.75, 3.05) is 5.32 Å². The van der Waals surface area contributed by atoms with E-state index in [-0.39, 0.29) is 11.4 Å². The zero-order chi connectivity index (χ0) is 14.6. The molecule has 0 unspecified atom stereocenters. The Morgan fingerprint density at radius 3 is 2.45 bits per heavy atom. The van der Waals surface area contributed by atoms with Crippen LogP contribution in [-0.2, 0) is 0 Å². The first-order valence-corrected chi connectivity index (χ1v) is 5.53. The molecule has 104 valence electrons. The number of amides is 1. The molecule has 2 aromatic rings. The standard InChI is InChI=1S/C13H9F3N2O2/c14-13(15,16)20-11-7-2-1-5-9(11)18-12(19)10-6-3-4-8-17-10/h1-8H,(H,18,19). The van der Waals surface area contributed by atoms with Gasteiger partial charge >= 0.3 is 6.36 Å². The molecule has 1 N–H and O–H groups in total. The molecule has 0 fully saturated rings. The number of carbonyl (C=O) groups excluding carboxylic acids is 1. The van der Waals surface area contributed by atoms with Crippen LogP contribution in [0.25, 0.3) is 0 Å². The molecule has 0 aliphatic carbocycles. The largest absolute Gasteiger partial charge is 0.573 e. The van der Waals surface area contributed by atoms with Crippen molar-refractivity contribution in [3.05, 3.63) is 54.4 Å². The second-order valence-electron chi connectivity index (χ2n) is 3.71. The van der Waals surface area contributed by atoms with Gasteiger partial charge < -0.3 is 10.1 Å². The van der Waals surface area contributed by atoms with Gasteiger partial charge in [-0.05, 0) is 24.3 Å². The average molecular weight is 282 g/mol. The quantitative estimate of drug-likeness (QED) is 0.940. The Bertz CT molecular complexity index is 600. The lowest BCUT2D eigenvalue weighted by molar-refractivity contribution is -0.274. The highest BCUT2D eigenvalue weighted by atomic mass is 19.4. The number of aromatic nitrogens is 1. The van der Waals surface area contributed by atoms with Crippen LogP contribution in [0.2, 0.25) is 0 Å². The van der Waals surface area contributed by atoms with Gasteiger partial charge in [-0.3, -0.25) is 9.78 Å². The minimum absolute atomic E-state index is 0.0829. The summed E-state index contributed by atoms with van der Waals surface area (Å²) in [6, 6.07) is 9.94. The topological polar surface area (TPSA) is 51.2 Å². The maximum absolute atomic E-state index is 12.2. The summed E-state index contributed by atoms with van der Waals surface area (Å²) in [5.41, 5.74) is 0.00906. The summed E-state index contributed by atoms with van der Waals surface area (Å²) in [5.74, 6) is -1.10. The molecule has 20 heavy (non-hydrogen) atoms. The highest BCUT2D eigenvalue weighted by Crippen LogP contribution is 2.30. The average Bonchev–Trinajstić information content (AvgIpc) is 2.40. The third-order valence-electron chi connectivity index (χ3n) is 2.26. The van der Waals surface area contributed by atoms with Gasteiger partial charge in [-0.15, -0.1) is 13.2 Å². The van der Waals surface area contributed by atoms with Gasteiger partial charge in [-0.2, -0.15) is 0 Å². The molecule has 0 bridgehead atoms. The number of para-hydroxylation sites is 2. The van der Waals surface area contributed by atoms with Gasteiger partial charge in [0.15, 0.2) is 5.75 Å². The lowest BCUT2D eigenvalue weighted by Crippen LogP contribution is -2.19. The number of nitrogens with zero attached hydrogens (tertiary/aromatic N) is 1. The first-order chi connectivity index (χ1) is 9.46. The molecule has 1 amide bonds. The molecule has 0 aliphatic heterocycles. The summed E-state index contributed by atoms with van der Waals surface area (Å²) < 4.78 is 40.5. The number of rotatable bonds is 3. The minimum atomic E-state index is -4.83. The number of halogens is 3. The summed E-state index contributed by atoms with van der Waals surface area (Å²) in [7, 11) is 0. The Balaban J connectivity index is 2.20. The lowest BCUT2D eigenvalue weighted by atomic mass is 10.2. The molecular weight excluding hydrogens is 273 g/mol. The molecule has 1 aromatic carbocycles. The van der Waals surface area contributed by atoms with Crippen molar-refractivity contribution in [1.29, 1.82) is 0 Å². The summed E-state index contributed by atoms with van der Waals surface area (Å²) >= 11 is 0. The Labute approximate surface area is 112 Å². The van der Waals surface area contributed by atoms with Crippen molar-refractivity contribution in [2.24, 2.45) is 0 Å². The Morgan fingerprint density at radius 2 is 1.80 bits per heavy atom. The highest BCUT2D eigenvalue weighted by Gasteiger charge is 2.32. The molecular formula is C13H9F3N2O2. The van der Waals surface area contributed by atoms with Crippen LogP contribution in [-0.4, -0.2) is 17.3 Å². The van der Waals surface area contributed by atoms with Crippen LogP contribution >= 0.6 is 0 Å². The normalized spacial score (nSPS) is 10.9. The maximum Gasteiger partial charge on any atom is 0.573 e. The van der Waals surface area contributed by atoms with Crippen LogP contribution in [0.5, 0.6) is 5.75 Å². The first-order valence-electron chi connectivity index (χ1n) is 5.53. The van der Waals surface area contributed by atoms with Gasteiger partial charge in [0.1, 0.15) is 5.69 Å². The van der Waals surface area contributed by atoms with E-state index in [4.69, 9.17) is 0 Å². The van der Waals surface area contributed by atoms with Crippen LogP contribution in [0.1, 0.15) is 10.5 Å². The third kappa shape index (κ3) is 3.71. The second kappa shape index (κ2) is 5.60. The molecule has 1 aromatic heterocycles. The molecule has 4 nitrogen and oxygen atoms in total. The summed E-state index contributed by atoms with van der Waals surface area (Å²) in [6.45, 7) is 0. The van der Waals surface area contributed by atoms with Gasteiger partial charge in [0, 0.05) is 6.20 Å². The van der Waals surface area contributed by atoms with Gasteiger partial charge in [0.05, 0.1) is 5.69 Å². The van der Waals surface area contributed by atoms with Crippen LogP contribution in [0, 0.1) is 0 Å². The van der Waals surface area contributed by atoms with Crippen LogP contribution in [0.4, 0.5) is 18.9 Å². The Kier molecular flexibility index (Phi) is 3.88. The number of hydrogen-bond donors (Lipinski definition) is 1. The first kappa shape index (κ1) is 13.9. The van der Waals surface area contributed by atoms with Crippen molar-refractivity contribution in [3.63, 3.8) is 0 Å². The SMILES string of the molecule is O=C(Nc1ccccc1OC(F)(F)F)c1ccccn1. The monoisotopic (exact) mass is 282 g/mol. The number of pyridine rings is 1. The van der Waals surface area contributed by atoms with Crippen LogP contribution < -0.4 is 10.1 Å². The fourth-order valence-electron chi connectivity index (χ4n) is 1.47. The van der Waals surface area contributed by atoms with Crippen LogP contribution in [0.3, 0.4) is 0 Å². The van der Waals surface area contributed by atoms with Crippen molar-refractivity contribution < 1.29 is 22.7 Å². The number of carbonyl (C=O) groups is 1. The number of anilines is 1. The van der Waals surface area contributed by atoms with E-state index in [1.165, 1.54) is 30.5 Å². The maximum atomic E-state index is 12.2. The summed E-state index contributed by atoms with van der Waals surface area (Å²) in [6.07, 6.45) is -3.42. The number of ether oxygens (including phenoxy) is 1. The van der Waals surface area contributed by atoms with E-state index in [2.05, 4.69) is 15.0 Å². The third-order valence-corrected chi connectivity index (χ3v) is 2.26. The van der Waals surface area contributed by atoms with Gasteiger partial charge in [0.25, 0.3) is 5.91 Å². The number of alkyl halides is 3. The smallest absolute Gasteiger partial charge is 0.404 e. The molecule has 0 spiro atoms. The summed E-state index contributed by atoms with van der Waals surface area (Å²) in [4.78, 5) is 15.6. The van der Waals surface area contributed by atoms with E-state index in [0.29, 0.717) is 0 Å². The van der Waals surface area contributed by atoms with Crippen molar-refractivity contribution in [1.82, 2.24) is 4.98 Å². The van der Waals surface area contributed by atoms with E-state index >= 15 is 0 Å². The second-order valence-corrected chi connectivity index (χ2v) is 3.71. The summed E-state index contributed by atoms with van der Waals surface area (Å²) in [5, 5.41) is 2.32. The zero-order valence-corrected chi connectivity index (χ0v) is 10.0. The molecule has 0 atom stereocenters. The molecule has 0 saturated carbocycles. The van der Waals surface area contributed by atoms with Crippen molar-refractivity contribution in [3.8, 4) is 5.75 Å². The number of benzene rings is 1. The van der Waals surface area contributed by atoms with Crippen LogP contribution in [0.15, 0.2) is 48.7 Å². The molecule has 0 radical (unpaired) electrons. The van der Waals surface area contributed by atoms with Crippen molar-refractivity contribution >= 4 is 11.6 Å². The zero-order valence-electron chi connectivity index (χ0n) is 10.0. The predicted octanol–water partition coefficient (Wildman–Crippen LogP) is 3.23. The fourth-order valence-corrected chi connectivity index (χ4v) is 1.47. The van der Waals surface area contributed by atoms with E-state index in [1.54, 1.807) is 12.1 Å². The molecule has 7 heteroatoms. The highest BCUT2D eigenvalue weighted by molar-refractivity contribution is 6.03. The van der Waals surface area contributed by atoms with E-state index in [1.807, 2.05) is 0 Å². The molecule has 0 aliphatic rings.